The Labute approximate surface area is 153 Å². The zero-order chi connectivity index (χ0) is 19.6. The maximum atomic E-state index is 13.5. The van der Waals surface area contributed by atoms with Gasteiger partial charge in [0.25, 0.3) is 0 Å². The Bertz CT molecular complexity index is 963. The molecule has 3 aromatic rings. The molecule has 0 fully saturated rings. The first-order chi connectivity index (χ1) is 12.8. The molecule has 0 radical (unpaired) electrons. The summed E-state index contributed by atoms with van der Waals surface area (Å²) in [6.45, 7) is 1.89. The van der Waals surface area contributed by atoms with Crippen LogP contribution >= 0.6 is 0 Å². The molecule has 0 spiro atoms. The third-order valence-corrected chi connectivity index (χ3v) is 4.00. The van der Waals surface area contributed by atoms with E-state index in [-0.39, 0.29) is 11.4 Å². The summed E-state index contributed by atoms with van der Waals surface area (Å²) in [6.07, 6.45) is -3.53. The van der Waals surface area contributed by atoms with E-state index in [0.29, 0.717) is 35.5 Å². The quantitative estimate of drug-likeness (QED) is 0.695. The van der Waals surface area contributed by atoms with Crippen molar-refractivity contribution in [2.45, 2.75) is 25.9 Å². The molecule has 1 heterocycles. The molecule has 142 valence electrons. The second kappa shape index (κ2) is 7.30. The highest BCUT2D eigenvalue weighted by Gasteiger charge is 2.38. The predicted octanol–water partition coefficient (Wildman–Crippen LogP) is 4.79. The summed E-state index contributed by atoms with van der Waals surface area (Å²) in [4.78, 5) is 15.4. The van der Waals surface area contributed by atoms with E-state index in [0.717, 1.165) is 4.57 Å². The summed E-state index contributed by atoms with van der Waals surface area (Å²) < 4.78 is 46.7. The lowest BCUT2D eigenvalue weighted by Gasteiger charge is -2.12. The minimum atomic E-state index is -4.62. The number of imidazole rings is 1. The van der Waals surface area contributed by atoms with Crippen LogP contribution in [-0.2, 0) is 11.0 Å². The number of alkyl halides is 3. The molecular formula is C19H18F3N3O2. The summed E-state index contributed by atoms with van der Waals surface area (Å²) in [7, 11) is 1.44. The molecule has 0 bridgehead atoms. The fourth-order valence-electron chi connectivity index (χ4n) is 2.78. The van der Waals surface area contributed by atoms with Crippen molar-refractivity contribution < 1.29 is 22.7 Å². The Kier molecular flexibility index (Phi) is 5.07. The third kappa shape index (κ3) is 3.89. The zero-order valence-electron chi connectivity index (χ0n) is 14.8. The van der Waals surface area contributed by atoms with Crippen LogP contribution in [0, 0.1) is 0 Å². The third-order valence-electron chi connectivity index (χ3n) is 4.00. The van der Waals surface area contributed by atoms with Gasteiger partial charge in [0.05, 0.1) is 18.1 Å². The summed E-state index contributed by atoms with van der Waals surface area (Å²) in [5, 5.41) is 2.71. The molecule has 0 atom stereocenters. The minimum Gasteiger partial charge on any atom is -0.497 e. The van der Waals surface area contributed by atoms with Crippen molar-refractivity contribution >= 4 is 22.6 Å². The molecule has 1 N–H and O–H groups in total. The van der Waals surface area contributed by atoms with Gasteiger partial charge in [0.15, 0.2) is 0 Å². The highest BCUT2D eigenvalue weighted by Crippen LogP contribution is 2.35. The fourth-order valence-corrected chi connectivity index (χ4v) is 2.78. The van der Waals surface area contributed by atoms with Gasteiger partial charge in [0.1, 0.15) is 5.75 Å². The molecule has 0 aliphatic rings. The van der Waals surface area contributed by atoms with Crippen LogP contribution in [0.1, 0.15) is 25.6 Å². The molecule has 8 heteroatoms. The fraction of sp³-hybridized carbons (Fsp3) is 0.263. The Hall–Kier alpha value is -3.03. The highest BCUT2D eigenvalue weighted by molar-refractivity contribution is 5.90. The Balaban J connectivity index is 2.05. The second-order valence-corrected chi connectivity index (χ2v) is 5.97. The number of halogens is 3. The van der Waals surface area contributed by atoms with E-state index >= 15 is 0 Å². The highest BCUT2D eigenvalue weighted by atomic mass is 19.4. The number of carbonyl (C=O) groups excluding carboxylic acids is 1. The van der Waals surface area contributed by atoms with E-state index in [2.05, 4.69) is 10.3 Å². The smallest absolute Gasteiger partial charge is 0.450 e. The van der Waals surface area contributed by atoms with Crippen LogP contribution in [0.4, 0.5) is 18.9 Å². The average molecular weight is 377 g/mol. The number of hydrogen-bond donors (Lipinski definition) is 1. The normalized spacial score (nSPS) is 11.6. The van der Waals surface area contributed by atoms with Gasteiger partial charge in [-0.1, -0.05) is 6.92 Å². The molecule has 0 aliphatic heterocycles. The van der Waals surface area contributed by atoms with Crippen LogP contribution in [0.25, 0.3) is 16.7 Å². The number of methoxy groups -OCH3 is 1. The van der Waals surface area contributed by atoms with Crippen molar-refractivity contribution in [3.05, 3.63) is 48.3 Å². The van der Waals surface area contributed by atoms with E-state index in [1.54, 1.807) is 18.2 Å². The lowest BCUT2D eigenvalue weighted by atomic mass is 10.2. The van der Waals surface area contributed by atoms with E-state index in [4.69, 9.17) is 4.74 Å². The van der Waals surface area contributed by atoms with Crippen molar-refractivity contribution in [1.29, 1.82) is 0 Å². The number of benzene rings is 2. The largest absolute Gasteiger partial charge is 0.497 e. The Morgan fingerprint density at radius 3 is 2.48 bits per heavy atom. The molecule has 2 aromatic carbocycles. The number of rotatable bonds is 5. The summed E-state index contributed by atoms with van der Waals surface area (Å²) >= 11 is 0. The van der Waals surface area contributed by atoms with Crippen molar-refractivity contribution in [2.75, 3.05) is 12.4 Å². The van der Waals surface area contributed by atoms with Gasteiger partial charge < -0.3 is 10.1 Å². The molecule has 1 amide bonds. The minimum absolute atomic E-state index is 0.138. The molecule has 0 unspecified atom stereocenters. The number of nitrogens with one attached hydrogen (secondary N) is 1. The molecule has 0 saturated heterocycles. The number of hydrogen-bond acceptors (Lipinski definition) is 3. The van der Waals surface area contributed by atoms with Gasteiger partial charge >= 0.3 is 6.18 Å². The first-order valence-corrected chi connectivity index (χ1v) is 8.37. The van der Waals surface area contributed by atoms with Gasteiger partial charge in [-0.3, -0.25) is 9.36 Å². The number of nitrogens with zero attached hydrogens (tertiary/aromatic N) is 2. The van der Waals surface area contributed by atoms with E-state index < -0.39 is 12.0 Å². The van der Waals surface area contributed by atoms with Crippen molar-refractivity contribution in [2.24, 2.45) is 0 Å². The molecule has 1 aromatic heterocycles. The monoisotopic (exact) mass is 377 g/mol. The average Bonchev–Trinajstić information content (AvgIpc) is 3.01. The number of anilines is 1. The summed E-state index contributed by atoms with van der Waals surface area (Å²) in [5.74, 6) is -0.732. The molecule has 27 heavy (non-hydrogen) atoms. The second-order valence-electron chi connectivity index (χ2n) is 5.97. The van der Waals surface area contributed by atoms with Gasteiger partial charge in [-0.25, -0.2) is 4.98 Å². The van der Waals surface area contributed by atoms with Gasteiger partial charge in [-0.05, 0) is 42.8 Å². The molecule has 5 nitrogen and oxygen atoms in total. The lowest BCUT2D eigenvalue weighted by Crippen LogP contribution is -2.14. The van der Waals surface area contributed by atoms with Crippen LogP contribution < -0.4 is 10.1 Å². The van der Waals surface area contributed by atoms with Crippen LogP contribution in [0.5, 0.6) is 5.75 Å². The SMILES string of the molecule is CCCC(=O)Nc1ccc(-n2c(C(F)(F)F)nc3cc(OC)ccc32)cc1. The standard InChI is InChI=1S/C19H18F3N3O2/c1-3-4-17(26)23-12-5-7-13(8-6-12)25-16-10-9-14(27-2)11-15(16)24-18(25)19(20,21)22/h5-11H,3-4H2,1-2H3,(H,23,26). The lowest BCUT2D eigenvalue weighted by molar-refractivity contribution is -0.145. The summed E-state index contributed by atoms with van der Waals surface area (Å²) in [5.41, 5.74) is 1.31. The van der Waals surface area contributed by atoms with Crippen LogP contribution in [0.2, 0.25) is 0 Å². The number of ether oxygens (including phenoxy) is 1. The maximum Gasteiger partial charge on any atom is 0.450 e. The number of aromatic nitrogens is 2. The maximum absolute atomic E-state index is 13.5. The Morgan fingerprint density at radius 2 is 1.89 bits per heavy atom. The molecule has 0 aliphatic carbocycles. The van der Waals surface area contributed by atoms with Crippen molar-refractivity contribution in [3.8, 4) is 11.4 Å². The molecule has 3 rings (SSSR count). The Morgan fingerprint density at radius 1 is 1.19 bits per heavy atom. The van der Waals surface area contributed by atoms with E-state index in [9.17, 15) is 18.0 Å². The first kappa shape index (κ1) is 18.8. The van der Waals surface area contributed by atoms with Gasteiger partial charge in [0.2, 0.25) is 11.7 Å². The first-order valence-electron chi connectivity index (χ1n) is 8.37. The van der Waals surface area contributed by atoms with Gasteiger partial charge in [-0.15, -0.1) is 0 Å². The molecule has 0 saturated carbocycles. The predicted molar refractivity (Wildman–Crippen MR) is 96.2 cm³/mol. The number of carbonyl (C=O) groups is 1. The topological polar surface area (TPSA) is 56.2 Å². The van der Waals surface area contributed by atoms with E-state index in [1.807, 2.05) is 6.92 Å². The zero-order valence-corrected chi connectivity index (χ0v) is 14.8. The van der Waals surface area contributed by atoms with Gasteiger partial charge in [-0.2, -0.15) is 13.2 Å². The van der Waals surface area contributed by atoms with Crippen LogP contribution in [0.3, 0.4) is 0 Å². The van der Waals surface area contributed by atoms with E-state index in [1.165, 1.54) is 31.4 Å². The number of amides is 1. The number of fused-ring (bicyclic) bond motifs is 1. The van der Waals surface area contributed by atoms with Crippen molar-refractivity contribution in [1.82, 2.24) is 9.55 Å². The van der Waals surface area contributed by atoms with Crippen LogP contribution in [0.15, 0.2) is 42.5 Å². The van der Waals surface area contributed by atoms with Crippen LogP contribution in [-0.4, -0.2) is 22.6 Å². The summed E-state index contributed by atoms with van der Waals surface area (Å²) in [6, 6.07) is 10.7. The van der Waals surface area contributed by atoms with Crippen molar-refractivity contribution in [3.63, 3.8) is 0 Å². The molecular weight excluding hydrogens is 359 g/mol. The van der Waals surface area contributed by atoms with Gasteiger partial charge in [0, 0.05) is 23.9 Å².